The van der Waals surface area contributed by atoms with Gasteiger partial charge < -0.3 is 14.2 Å². The number of esters is 2. The Morgan fingerprint density at radius 3 is 2.14 bits per heavy atom. The van der Waals surface area contributed by atoms with Crippen LogP contribution in [0.25, 0.3) is 0 Å². The van der Waals surface area contributed by atoms with Crippen LogP contribution in [0.3, 0.4) is 0 Å². The standard InChI is InChI=1S/C27H28N2O7/c1-4-18-14-29(27(33)28-24(18)30)23-13-21(36-26(32)20-11-7-17(3)8-12-20)22(35-23)15-34-25(31)19-9-5-16(2)6-10-19/h5-12,14,21-23H,4,13,15H2,1-3H3,(H,28,30,33)/t21-,22+,23+/m0/s1. The van der Waals surface area contributed by atoms with Crippen molar-refractivity contribution < 1.29 is 23.8 Å². The highest BCUT2D eigenvalue weighted by molar-refractivity contribution is 5.90. The number of rotatable bonds is 7. The van der Waals surface area contributed by atoms with Crippen molar-refractivity contribution in [3.8, 4) is 0 Å². The molecular weight excluding hydrogens is 464 g/mol. The van der Waals surface area contributed by atoms with Crippen molar-refractivity contribution in [1.29, 1.82) is 0 Å². The Labute approximate surface area is 207 Å². The van der Waals surface area contributed by atoms with E-state index >= 15 is 0 Å². The number of aromatic amines is 1. The predicted molar refractivity (Wildman–Crippen MR) is 131 cm³/mol. The quantitative estimate of drug-likeness (QED) is 0.504. The van der Waals surface area contributed by atoms with E-state index in [-0.39, 0.29) is 13.0 Å². The molecule has 0 unspecified atom stereocenters. The monoisotopic (exact) mass is 492 g/mol. The Morgan fingerprint density at radius 2 is 1.56 bits per heavy atom. The minimum Gasteiger partial charge on any atom is -0.459 e. The Balaban J connectivity index is 1.54. The van der Waals surface area contributed by atoms with Crippen molar-refractivity contribution >= 4 is 11.9 Å². The van der Waals surface area contributed by atoms with Gasteiger partial charge in [-0.15, -0.1) is 0 Å². The molecule has 0 saturated carbocycles. The number of carbonyl (C=O) groups is 2. The average Bonchev–Trinajstić information content (AvgIpc) is 3.25. The van der Waals surface area contributed by atoms with Crippen LogP contribution in [-0.4, -0.2) is 40.3 Å². The summed E-state index contributed by atoms with van der Waals surface area (Å²) < 4.78 is 18.5. The molecule has 1 N–H and O–H groups in total. The molecule has 188 valence electrons. The largest absolute Gasteiger partial charge is 0.459 e. The third-order valence-electron chi connectivity index (χ3n) is 6.12. The van der Waals surface area contributed by atoms with Crippen LogP contribution >= 0.6 is 0 Å². The number of benzene rings is 2. The second-order valence-corrected chi connectivity index (χ2v) is 8.81. The highest BCUT2D eigenvalue weighted by atomic mass is 16.6. The lowest BCUT2D eigenvalue weighted by molar-refractivity contribution is -0.0583. The first-order chi connectivity index (χ1) is 17.2. The first-order valence-corrected chi connectivity index (χ1v) is 11.8. The van der Waals surface area contributed by atoms with E-state index < -0.39 is 41.6 Å². The summed E-state index contributed by atoms with van der Waals surface area (Å²) in [6, 6.07) is 13.9. The molecule has 4 rings (SSSR count). The molecule has 2 aromatic carbocycles. The Morgan fingerprint density at radius 1 is 0.972 bits per heavy atom. The van der Waals surface area contributed by atoms with E-state index in [0.29, 0.717) is 23.1 Å². The third-order valence-corrected chi connectivity index (χ3v) is 6.12. The van der Waals surface area contributed by atoms with Crippen LogP contribution in [0.15, 0.2) is 64.3 Å². The number of nitrogens with one attached hydrogen (secondary N) is 1. The summed E-state index contributed by atoms with van der Waals surface area (Å²) in [6.45, 7) is 5.44. The lowest BCUT2D eigenvalue weighted by Crippen LogP contribution is -2.34. The molecule has 0 aliphatic carbocycles. The van der Waals surface area contributed by atoms with E-state index in [2.05, 4.69) is 4.98 Å². The Hall–Kier alpha value is -3.98. The van der Waals surface area contributed by atoms with Crippen molar-refractivity contribution in [1.82, 2.24) is 9.55 Å². The average molecular weight is 493 g/mol. The number of ether oxygens (including phenoxy) is 3. The maximum absolute atomic E-state index is 12.8. The van der Waals surface area contributed by atoms with Gasteiger partial charge in [-0.3, -0.25) is 14.3 Å². The number of hydrogen-bond acceptors (Lipinski definition) is 7. The predicted octanol–water partition coefficient (Wildman–Crippen LogP) is 3.09. The fourth-order valence-corrected chi connectivity index (χ4v) is 3.96. The number of aromatic nitrogens is 2. The zero-order chi connectivity index (χ0) is 25.8. The van der Waals surface area contributed by atoms with E-state index in [1.54, 1.807) is 55.5 Å². The number of hydrogen-bond donors (Lipinski definition) is 1. The van der Waals surface area contributed by atoms with Crippen molar-refractivity contribution in [2.45, 2.75) is 52.0 Å². The van der Waals surface area contributed by atoms with Crippen LogP contribution in [0.2, 0.25) is 0 Å². The number of H-pyrrole nitrogens is 1. The van der Waals surface area contributed by atoms with Gasteiger partial charge >= 0.3 is 17.6 Å². The molecule has 1 aliphatic heterocycles. The molecule has 36 heavy (non-hydrogen) atoms. The summed E-state index contributed by atoms with van der Waals surface area (Å²) >= 11 is 0. The SMILES string of the molecule is CCc1cn([C@H]2C[C@H](OC(=O)c3ccc(C)cc3)[C@@H](COC(=O)c3ccc(C)cc3)O2)c(=O)[nH]c1=O. The van der Waals surface area contributed by atoms with Crippen LogP contribution < -0.4 is 11.2 Å². The summed E-state index contributed by atoms with van der Waals surface area (Å²) in [5.74, 6) is -1.10. The second kappa shape index (κ2) is 10.7. The molecule has 3 aromatic rings. The van der Waals surface area contributed by atoms with E-state index in [0.717, 1.165) is 11.1 Å². The van der Waals surface area contributed by atoms with Gasteiger partial charge in [0, 0.05) is 18.2 Å². The minimum atomic E-state index is -0.821. The van der Waals surface area contributed by atoms with Gasteiger partial charge in [0.05, 0.1) is 11.1 Å². The number of nitrogens with zero attached hydrogens (tertiary/aromatic N) is 1. The molecule has 1 saturated heterocycles. The van der Waals surface area contributed by atoms with Gasteiger partial charge in [-0.2, -0.15) is 0 Å². The van der Waals surface area contributed by atoms with Crippen LogP contribution in [0, 0.1) is 13.8 Å². The van der Waals surface area contributed by atoms with Crippen LogP contribution in [0.4, 0.5) is 0 Å². The number of carbonyl (C=O) groups excluding carboxylic acids is 2. The fraction of sp³-hybridized carbons (Fsp3) is 0.333. The number of aryl methyl sites for hydroxylation is 3. The lowest BCUT2D eigenvalue weighted by Gasteiger charge is -2.19. The first kappa shape index (κ1) is 25.1. The highest BCUT2D eigenvalue weighted by Crippen LogP contribution is 2.31. The van der Waals surface area contributed by atoms with Gasteiger partial charge in [0.25, 0.3) is 5.56 Å². The van der Waals surface area contributed by atoms with Gasteiger partial charge in [-0.05, 0) is 44.5 Å². The molecule has 0 spiro atoms. The first-order valence-electron chi connectivity index (χ1n) is 11.8. The highest BCUT2D eigenvalue weighted by Gasteiger charge is 2.40. The van der Waals surface area contributed by atoms with Crippen molar-refractivity contribution in [3.63, 3.8) is 0 Å². The topological polar surface area (TPSA) is 117 Å². The molecule has 9 nitrogen and oxygen atoms in total. The molecule has 2 heterocycles. The molecule has 1 fully saturated rings. The Kier molecular flexibility index (Phi) is 7.49. The molecule has 1 aromatic heterocycles. The van der Waals surface area contributed by atoms with E-state index in [9.17, 15) is 19.2 Å². The minimum absolute atomic E-state index is 0.138. The van der Waals surface area contributed by atoms with Crippen molar-refractivity contribution in [3.05, 3.63) is 103 Å². The van der Waals surface area contributed by atoms with Gasteiger partial charge in [0.15, 0.2) is 0 Å². The lowest BCUT2D eigenvalue weighted by atomic mass is 10.1. The van der Waals surface area contributed by atoms with Gasteiger partial charge in [0.2, 0.25) is 0 Å². The van der Waals surface area contributed by atoms with Gasteiger partial charge in [-0.1, -0.05) is 42.3 Å². The smallest absolute Gasteiger partial charge is 0.338 e. The van der Waals surface area contributed by atoms with E-state index in [1.165, 1.54) is 10.8 Å². The molecule has 3 atom stereocenters. The van der Waals surface area contributed by atoms with Crippen molar-refractivity contribution in [2.75, 3.05) is 6.61 Å². The van der Waals surface area contributed by atoms with Crippen molar-refractivity contribution in [2.24, 2.45) is 0 Å². The fourth-order valence-electron chi connectivity index (χ4n) is 3.96. The van der Waals surface area contributed by atoms with Gasteiger partial charge in [-0.25, -0.2) is 14.4 Å². The van der Waals surface area contributed by atoms with Crippen LogP contribution in [0.1, 0.15) is 57.0 Å². The molecule has 9 heteroatoms. The molecule has 0 radical (unpaired) electrons. The zero-order valence-corrected chi connectivity index (χ0v) is 20.4. The van der Waals surface area contributed by atoms with Crippen LogP contribution in [0.5, 0.6) is 0 Å². The molecular formula is C27H28N2O7. The summed E-state index contributed by atoms with van der Waals surface area (Å²) in [5.41, 5.74) is 2.09. The summed E-state index contributed by atoms with van der Waals surface area (Å²) in [4.78, 5) is 52.1. The molecule has 1 aliphatic rings. The summed E-state index contributed by atoms with van der Waals surface area (Å²) in [7, 11) is 0. The molecule has 0 amide bonds. The van der Waals surface area contributed by atoms with E-state index in [1.807, 2.05) is 13.8 Å². The maximum Gasteiger partial charge on any atom is 0.338 e. The second-order valence-electron chi connectivity index (χ2n) is 8.81. The summed E-state index contributed by atoms with van der Waals surface area (Å²) in [6.07, 6.45) is -0.420. The normalized spacial score (nSPS) is 19.1. The molecule has 0 bridgehead atoms. The van der Waals surface area contributed by atoms with Gasteiger partial charge in [0.1, 0.15) is 25.0 Å². The van der Waals surface area contributed by atoms with E-state index in [4.69, 9.17) is 14.2 Å². The zero-order valence-electron chi connectivity index (χ0n) is 20.4. The summed E-state index contributed by atoms with van der Waals surface area (Å²) in [5, 5.41) is 0. The maximum atomic E-state index is 12.8. The third kappa shape index (κ3) is 5.63. The van der Waals surface area contributed by atoms with Crippen LogP contribution in [-0.2, 0) is 20.6 Å². The Bertz CT molecular complexity index is 1360.